The number of halogens is 1. The second kappa shape index (κ2) is 6.92. The van der Waals surface area contributed by atoms with Gasteiger partial charge in [-0.15, -0.1) is 0 Å². The van der Waals surface area contributed by atoms with Gasteiger partial charge in [0.1, 0.15) is 0 Å². The Kier molecular flexibility index (Phi) is 5.83. The number of carbonyl (C=O) groups excluding carboxylic acids is 1. The minimum Gasteiger partial charge on any atom is -0.351 e. The van der Waals surface area contributed by atoms with Crippen molar-refractivity contribution in [1.82, 2.24) is 0 Å². The number of anilines is 1. The zero-order valence-corrected chi connectivity index (χ0v) is 12.8. The van der Waals surface area contributed by atoms with Crippen LogP contribution in [-0.2, 0) is 9.53 Å². The summed E-state index contributed by atoms with van der Waals surface area (Å²) < 4.78 is 5.49. The van der Waals surface area contributed by atoms with E-state index >= 15 is 0 Å². The molecule has 0 spiro atoms. The van der Waals surface area contributed by atoms with Gasteiger partial charge in [-0.05, 0) is 31.9 Å². The molecule has 19 heavy (non-hydrogen) atoms. The molecule has 0 aliphatic heterocycles. The first-order valence-electron chi connectivity index (χ1n) is 6.56. The second-order valence-corrected chi connectivity index (χ2v) is 5.49. The number of aryl methyl sites for hydroxylation is 1. The Morgan fingerprint density at radius 1 is 1.42 bits per heavy atom. The van der Waals surface area contributed by atoms with E-state index in [1.807, 2.05) is 31.2 Å². The van der Waals surface area contributed by atoms with Gasteiger partial charge in [0.25, 0.3) is 5.91 Å². The third kappa shape index (κ3) is 4.22. The highest BCUT2D eigenvalue weighted by Gasteiger charge is 2.35. The van der Waals surface area contributed by atoms with Crippen molar-refractivity contribution < 1.29 is 9.53 Å². The highest BCUT2D eigenvalue weighted by atomic mass is 35.5. The van der Waals surface area contributed by atoms with Gasteiger partial charge in [0.05, 0.1) is 0 Å². The Balaban J connectivity index is 2.79. The summed E-state index contributed by atoms with van der Waals surface area (Å²) >= 11 is 6.21. The molecule has 0 aromatic heterocycles. The maximum absolute atomic E-state index is 12.4. The van der Waals surface area contributed by atoms with Gasteiger partial charge in [0.2, 0.25) is 5.06 Å². The summed E-state index contributed by atoms with van der Waals surface area (Å²) in [6.45, 7) is 6.12. The predicted molar refractivity (Wildman–Crippen MR) is 79.7 cm³/mol. The Labute approximate surface area is 120 Å². The van der Waals surface area contributed by atoms with Gasteiger partial charge in [-0.2, -0.15) is 0 Å². The van der Waals surface area contributed by atoms with E-state index in [0.29, 0.717) is 6.61 Å². The zero-order chi connectivity index (χ0) is 14.5. The van der Waals surface area contributed by atoms with E-state index in [0.717, 1.165) is 24.1 Å². The van der Waals surface area contributed by atoms with Crippen LogP contribution >= 0.6 is 11.6 Å². The quantitative estimate of drug-likeness (QED) is 0.588. The molecule has 0 saturated heterocycles. The van der Waals surface area contributed by atoms with Crippen molar-refractivity contribution >= 4 is 23.2 Å². The molecule has 3 nitrogen and oxygen atoms in total. The number of para-hydroxylation sites is 1. The molecule has 1 aromatic carbocycles. The molecule has 106 valence electrons. The van der Waals surface area contributed by atoms with E-state index in [-0.39, 0.29) is 5.91 Å². The summed E-state index contributed by atoms with van der Waals surface area (Å²) in [5.74, 6) is -0.250. The van der Waals surface area contributed by atoms with Gasteiger partial charge in [-0.1, -0.05) is 43.1 Å². The van der Waals surface area contributed by atoms with E-state index in [4.69, 9.17) is 16.3 Å². The molecule has 0 heterocycles. The molecule has 1 aromatic rings. The minimum absolute atomic E-state index is 0.250. The Morgan fingerprint density at radius 2 is 2.05 bits per heavy atom. The summed E-state index contributed by atoms with van der Waals surface area (Å²) in [6, 6.07) is 7.69. The summed E-state index contributed by atoms with van der Waals surface area (Å²) in [6.07, 6.45) is 1.90. The Hall–Kier alpha value is -1.06. The topological polar surface area (TPSA) is 29.5 Å². The molecule has 1 atom stereocenters. The highest BCUT2D eigenvalue weighted by molar-refractivity contribution is 6.35. The van der Waals surface area contributed by atoms with Crippen LogP contribution in [0.15, 0.2) is 24.3 Å². The molecule has 0 saturated carbocycles. The number of hydrogen-bond acceptors (Lipinski definition) is 2. The molecule has 1 rings (SSSR count). The average Bonchev–Trinajstić information content (AvgIpc) is 2.38. The first-order valence-corrected chi connectivity index (χ1v) is 6.94. The zero-order valence-electron chi connectivity index (χ0n) is 12.1. The molecular formula is C15H22ClNO2. The van der Waals surface area contributed by atoms with Crippen molar-refractivity contribution in [2.24, 2.45) is 0 Å². The van der Waals surface area contributed by atoms with Crippen molar-refractivity contribution in [3.8, 4) is 0 Å². The molecule has 0 aliphatic rings. The smallest absolute Gasteiger partial charge is 0.274 e. The minimum atomic E-state index is -1.31. The summed E-state index contributed by atoms with van der Waals surface area (Å²) in [4.78, 5) is 13.9. The van der Waals surface area contributed by atoms with Crippen LogP contribution in [0.25, 0.3) is 0 Å². The van der Waals surface area contributed by atoms with Crippen LogP contribution in [0.5, 0.6) is 0 Å². The first-order chi connectivity index (χ1) is 8.90. The van der Waals surface area contributed by atoms with Crippen molar-refractivity contribution in [3.05, 3.63) is 29.8 Å². The number of ether oxygens (including phenoxy) is 1. The SMILES string of the molecule is CCCCOC(C)(Cl)C(=O)N(C)c1ccccc1C. The largest absolute Gasteiger partial charge is 0.351 e. The summed E-state index contributed by atoms with van der Waals surface area (Å²) in [5.41, 5.74) is 1.87. The number of alkyl halides is 1. The molecule has 0 aliphatic carbocycles. The maximum atomic E-state index is 12.4. The van der Waals surface area contributed by atoms with E-state index in [2.05, 4.69) is 6.92 Å². The van der Waals surface area contributed by atoms with Gasteiger partial charge < -0.3 is 9.64 Å². The van der Waals surface area contributed by atoms with Crippen LogP contribution in [0, 0.1) is 6.92 Å². The van der Waals surface area contributed by atoms with Crippen LogP contribution in [0.3, 0.4) is 0 Å². The monoisotopic (exact) mass is 283 g/mol. The fourth-order valence-electron chi connectivity index (χ4n) is 1.82. The fourth-order valence-corrected chi connectivity index (χ4v) is 2.02. The van der Waals surface area contributed by atoms with Crippen LogP contribution in [-0.4, -0.2) is 24.6 Å². The summed E-state index contributed by atoms with van der Waals surface area (Å²) in [5, 5.41) is -1.31. The van der Waals surface area contributed by atoms with Gasteiger partial charge in [0.15, 0.2) is 0 Å². The number of rotatable bonds is 6. The van der Waals surface area contributed by atoms with E-state index < -0.39 is 5.06 Å². The maximum Gasteiger partial charge on any atom is 0.274 e. The van der Waals surface area contributed by atoms with Crippen molar-refractivity contribution in [1.29, 1.82) is 0 Å². The number of amides is 1. The number of unbranched alkanes of at least 4 members (excludes halogenated alkanes) is 1. The molecule has 0 N–H and O–H groups in total. The van der Waals surface area contributed by atoms with Crippen molar-refractivity contribution in [2.45, 2.75) is 38.7 Å². The summed E-state index contributed by atoms with van der Waals surface area (Å²) in [7, 11) is 1.72. The Bertz CT molecular complexity index is 432. The molecule has 0 bridgehead atoms. The fraction of sp³-hybridized carbons (Fsp3) is 0.533. The lowest BCUT2D eigenvalue weighted by atomic mass is 10.1. The van der Waals surface area contributed by atoms with Gasteiger partial charge in [-0.3, -0.25) is 4.79 Å². The molecule has 0 radical (unpaired) electrons. The third-order valence-electron chi connectivity index (χ3n) is 3.03. The van der Waals surface area contributed by atoms with E-state index in [1.54, 1.807) is 18.9 Å². The first kappa shape index (κ1) is 16.0. The van der Waals surface area contributed by atoms with E-state index in [1.165, 1.54) is 0 Å². The Morgan fingerprint density at radius 3 is 2.63 bits per heavy atom. The predicted octanol–water partition coefficient (Wildman–Crippen LogP) is 3.73. The van der Waals surface area contributed by atoms with Gasteiger partial charge in [0, 0.05) is 19.3 Å². The lowest BCUT2D eigenvalue weighted by Crippen LogP contribution is -2.44. The molecule has 4 heteroatoms. The van der Waals surface area contributed by atoms with Crippen molar-refractivity contribution in [3.63, 3.8) is 0 Å². The third-order valence-corrected chi connectivity index (χ3v) is 3.31. The number of hydrogen-bond donors (Lipinski definition) is 0. The lowest BCUT2D eigenvalue weighted by molar-refractivity contribution is -0.132. The van der Waals surface area contributed by atoms with Crippen molar-refractivity contribution in [2.75, 3.05) is 18.6 Å². The second-order valence-electron chi connectivity index (χ2n) is 4.77. The molecule has 1 amide bonds. The molecule has 1 unspecified atom stereocenters. The van der Waals surface area contributed by atoms with Crippen LogP contribution in [0.4, 0.5) is 5.69 Å². The number of benzene rings is 1. The van der Waals surface area contributed by atoms with E-state index in [9.17, 15) is 4.79 Å². The lowest BCUT2D eigenvalue weighted by Gasteiger charge is -2.28. The van der Waals surface area contributed by atoms with Gasteiger partial charge >= 0.3 is 0 Å². The molecule has 0 fully saturated rings. The number of carbonyl (C=O) groups is 1. The number of likely N-dealkylation sites (N-methyl/N-ethyl adjacent to an activating group) is 1. The standard InChI is InChI=1S/C15H22ClNO2/c1-5-6-11-19-15(3,16)14(18)17(4)13-10-8-7-9-12(13)2/h7-10H,5-6,11H2,1-4H3. The molecular weight excluding hydrogens is 262 g/mol. The van der Waals surface area contributed by atoms with Crippen LogP contribution in [0.2, 0.25) is 0 Å². The van der Waals surface area contributed by atoms with Gasteiger partial charge in [-0.25, -0.2) is 0 Å². The highest BCUT2D eigenvalue weighted by Crippen LogP contribution is 2.25. The average molecular weight is 284 g/mol. The van der Waals surface area contributed by atoms with Crippen LogP contribution in [0.1, 0.15) is 32.3 Å². The normalized spacial score (nSPS) is 13.9. The number of nitrogens with zero attached hydrogens (tertiary/aromatic N) is 1. The van der Waals surface area contributed by atoms with Crippen LogP contribution < -0.4 is 4.90 Å².